The van der Waals surface area contributed by atoms with Gasteiger partial charge in [-0.3, -0.25) is 15.1 Å². The van der Waals surface area contributed by atoms with Crippen molar-refractivity contribution in [3.05, 3.63) is 60.1 Å². The molecule has 0 unspecified atom stereocenters. The Balaban J connectivity index is 1.56. The summed E-state index contributed by atoms with van der Waals surface area (Å²) in [6, 6.07) is 4.11. The van der Waals surface area contributed by atoms with Crippen molar-refractivity contribution in [3.63, 3.8) is 0 Å². The van der Waals surface area contributed by atoms with Crippen LogP contribution in [0.5, 0.6) is 0 Å². The number of imidazole rings is 1. The molecule has 31 heavy (non-hydrogen) atoms. The Bertz CT molecular complexity index is 1570. The zero-order valence-corrected chi connectivity index (χ0v) is 16.9. The van der Waals surface area contributed by atoms with Crippen molar-refractivity contribution in [2.45, 2.75) is 6.92 Å². The molecule has 6 aromatic heterocycles. The smallest absolute Gasteiger partial charge is 0.161 e. The van der Waals surface area contributed by atoms with E-state index in [9.17, 15) is 0 Å². The van der Waals surface area contributed by atoms with Gasteiger partial charge in [0.2, 0.25) is 0 Å². The molecular weight excluding hydrogens is 415 g/mol. The number of hydrogen-bond donors (Lipinski definition) is 2. The van der Waals surface area contributed by atoms with E-state index in [2.05, 4.69) is 48.1 Å². The minimum atomic E-state index is -0.510. The third-order valence-electron chi connectivity index (χ3n) is 5.00. The van der Waals surface area contributed by atoms with Crippen LogP contribution in [0.4, 0.5) is 4.39 Å². The van der Waals surface area contributed by atoms with Gasteiger partial charge in [0.05, 0.1) is 28.8 Å². The number of fused-ring (bicyclic) bond motifs is 2. The van der Waals surface area contributed by atoms with E-state index in [1.54, 1.807) is 29.9 Å². The molecular formula is C21H13FN8S. The van der Waals surface area contributed by atoms with Crippen molar-refractivity contribution in [2.24, 2.45) is 0 Å². The van der Waals surface area contributed by atoms with E-state index in [0.717, 1.165) is 21.5 Å². The number of halogens is 1. The van der Waals surface area contributed by atoms with Gasteiger partial charge in [0.15, 0.2) is 11.6 Å². The number of pyridine rings is 2. The van der Waals surface area contributed by atoms with Gasteiger partial charge in [-0.25, -0.2) is 19.3 Å². The Labute approximate surface area is 178 Å². The Hall–Kier alpha value is -4.05. The number of nitrogens with one attached hydrogen (secondary N) is 2. The summed E-state index contributed by atoms with van der Waals surface area (Å²) in [4.78, 5) is 26.7. The average molecular weight is 428 g/mol. The lowest BCUT2D eigenvalue weighted by molar-refractivity contribution is 0.638. The Morgan fingerprint density at radius 3 is 2.61 bits per heavy atom. The molecule has 0 radical (unpaired) electrons. The third-order valence-corrected chi connectivity index (χ3v) is 6.04. The molecule has 0 fully saturated rings. The van der Waals surface area contributed by atoms with E-state index in [-0.39, 0.29) is 5.69 Å². The Morgan fingerprint density at radius 1 is 0.935 bits per heavy atom. The first-order valence-corrected chi connectivity index (χ1v) is 10.2. The lowest BCUT2D eigenvalue weighted by atomic mass is 10.1. The zero-order valence-electron chi connectivity index (χ0n) is 16.1. The number of H-pyrrole nitrogens is 2. The minimum Gasteiger partial charge on any atom is -0.335 e. The van der Waals surface area contributed by atoms with Crippen LogP contribution in [0.3, 0.4) is 0 Å². The van der Waals surface area contributed by atoms with E-state index < -0.39 is 5.82 Å². The van der Waals surface area contributed by atoms with Crippen molar-refractivity contribution in [1.29, 1.82) is 0 Å². The van der Waals surface area contributed by atoms with Crippen molar-refractivity contribution < 1.29 is 4.39 Å². The van der Waals surface area contributed by atoms with Gasteiger partial charge in [0, 0.05) is 39.5 Å². The number of hydrogen-bond acceptors (Lipinski definition) is 7. The van der Waals surface area contributed by atoms with Crippen LogP contribution >= 0.6 is 11.3 Å². The highest BCUT2D eigenvalue weighted by atomic mass is 32.1. The SMILES string of the molecule is Cc1ccc(-c2cncc3[nH]c(-c4n[nH]c5cnc(-c6cncnc6)c(F)c45)nc23)s1. The van der Waals surface area contributed by atoms with E-state index in [4.69, 9.17) is 4.98 Å². The first-order valence-electron chi connectivity index (χ1n) is 9.38. The molecule has 6 aromatic rings. The maximum atomic E-state index is 15.5. The van der Waals surface area contributed by atoms with Gasteiger partial charge >= 0.3 is 0 Å². The summed E-state index contributed by atoms with van der Waals surface area (Å²) in [6.07, 6.45) is 9.46. The quantitative estimate of drug-likeness (QED) is 0.429. The molecule has 10 heteroatoms. The monoisotopic (exact) mass is 428 g/mol. The molecule has 2 N–H and O–H groups in total. The second-order valence-electron chi connectivity index (χ2n) is 6.99. The molecule has 0 atom stereocenters. The van der Waals surface area contributed by atoms with Crippen LogP contribution in [-0.4, -0.2) is 40.1 Å². The summed E-state index contributed by atoms with van der Waals surface area (Å²) >= 11 is 1.67. The summed E-state index contributed by atoms with van der Waals surface area (Å²) in [5, 5.41) is 7.46. The zero-order chi connectivity index (χ0) is 20.9. The lowest BCUT2D eigenvalue weighted by Crippen LogP contribution is -1.93. The van der Waals surface area contributed by atoms with Gasteiger partial charge < -0.3 is 4.98 Å². The molecule has 8 nitrogen and oxygen atoms in total. The molecule has 6 heterocycles. The van der Waals surface area contributed by atoms with Crippen LogP contribution in [-0.2, 0) is 0 Å². The van der Waals surface area contributed by atoms with Crippen molar-refractivity contribution >= 4 is 33.3 Å². The standard InChI is InChI=1S/C21H13FN8S/c1-10-2-3-15(31-10)12-6-23-7-14-19(12)28-21(27-14)20-16-13(29-30-20)8-26-18(17(16)22)11-4-24-9-25-5-11/h2-9H,1H3,(H,27,28)(H,29,30). The lowest BCUT2D eigenvalue weighted by Gasteiger charge is -2.03. The highest BCUT2D eigenvalue weighted by molar-refractivity contribution is 7.15. The topological polar surface area (TPSA) is 109 Å². The fraction of sp³-hybridized carbons (Fsp3) is 0.0476. The fourth-order valence-electron chi connectivity index (χ4n) is 3.57. The van der Waals surface area contributed by atoms with E-state index in [1.807, 2.05) is 6.07 Å². The summed E-state index contributed by atoms with van der Waals surface area (Å²) in [6.45, 7) is 2.06. The average Bonchev–Trinajstić information content (AvgIpc) is 3.52. The van der Waals surface area contributed by atoms with Gasteiger partial charge in [-0.05, 0) is 19.1 Å². The number of nitrogens with zero attached hydrogens (tertiary/aromatic N) is 6. The van der Waals surface area contributed by atoms with Crippen LogP contribution in [0.25, 0.3) is 55.2 Å². The maximum Gasteiger partial charge on any atom is 0.161 e. The Morgan fingerprint density at radius 2 is 1.81 bits per heavy atom. The molecule has 0 aliphatic heterocycles. The van der Waals surface area contributed by atoms with Gasteiger partial charge in [-0.2, -0.15) is 5.10 Å². The van der Waals surface area contributed by atoms with Crippen LogP contribution in [0.15, 0.2) is 49.4 Å². The highest BCUT2D eigenvalue weighted by Gasteiger charge is 2.21. The van der Waals surface area contributed by atoms with E-state index in [1.165, 1.54) is 23.6 Å². The summed E-state index contributed by atoms with van der Waals surface area (Å²) in [5.74, 6) is -0.0622. The number of aromatic amines is 2. The maximum absolute atomic E-state index is 15.5. The second kappa shape index (κ2) is 6.74. The van der Waals surface area contributed by atoms with Crippen molar-refractivity contribution in [1.82, 2.24) is 40.1 Å². The van der Waals surface area contributed by atoms with Crippen LogP contribution in [0.1, 0.15) is 4.88 Å². The van der Waals surface area contributed by atoms with Crippen molar-refractivity contribution in [2.75, 3.05) is 0 Å². The van der Waals surface area contributed by atoms with Crippen LogP contribution in [0.2, 0.25) is 0 Å². The number of thiophene rings is 1. The molecule has 0 saturated carbocycles. The summed E-state index contributed by atoms with van der Waals surface area (Å²) in [7, 11) is 0. The normalized spacial score (nSPS) is 11.5. The van der Waals surface area contributed by atoms with Gasteiger partial charge in [0.25, 0.3) is 0 Å². The molecule has 0 spiro atoms. The van der Waals surface area contributed by atoms with E-state index in [0.29, 0.717) is 28.0 Å². The number of aromatic nitrogens is 8. The predicted molar refractivity (Wildman–Crippen MR) is 116 cm³/mol. The van der Waals surface area contributed by atoms with Crippen LogP contribution < -0.4 is 0 Å². The Kier molecular flexibility index (Phi) is 3.87. The fourth-order valence-corrected chi connectivity index (χ4v) is 4.45. The predicted octanol–water partition coefficient (Wildman–Crippen LogP) is 4.53. The van der Waals surface area contributed by atoms with Crippen molar-refractivity contribution in [3.8, 4) is 33.2 Å². The molecule has 0 aliphatic carbocycles. The first-order chi connectivity index (χ1) is 15.2. The van der Waals surface area contributed by atoms with Gasteiger partial charge in [-0.1, -0.05) is 0 Å². The van der Waals surface area contributed by atoms with Gasteiger partial charge in [0.1, 0.15) is 23.2 Å². The number of rotatable bonds is 3. The highest BCUT2D eigenvalue weighted by Crippen LogP contribution is 2.35. The molecule has 0 amide bonds. The molecule has 0 aliphatic rings. The largest absolute Gasteiger partial charge is 0.335 e. The first kappa shape index (κ1) is 17.8. The number of aryl methyl sites for hydroxylation is 1. The molecule has 0 bridgehead atoms. The van der Waals surface area contributed by atoms with E-state index >= 15 is 4.39 Å². The third kappa shape index (κ3) is 2.80. The summed E-state index contributed by atoms with van der Waals surface area (Å²) in [5.41, 5.74) is 3.91. The van der Waals surface area contributed by atoms with Crippen LogP contribution in [0, 0.1) is 12.7 Å². The molecule has 150 valence electrons. The summed E-state index contributed by atoms with van der Waals surface area (Å²) < 4.78 is 15.5. The molecule has 6 rings (SSSR count). The minimum absolute atomic E-state index is 0.156. The molecule has 0 saturated heterocycles. The molecule has 0 aromatic carbocycles. The second-order valence-corrected chi connectivity index (χ2v) is 8.28. The van der Waals surface area contributed by atoms with Gasteiger partial charge in [-0.15, -0.1) is 11.3 Å².